The number of rotatable bonds is 2. The number of nitrogens with one attached hydrogen (secondary N) is 1. The molecule has 4 rings (SSSR count). The van der Waals surface area contributed by atoms with Crippen LogP contribution in [0.5, 0.6) is 0 Å². The number of hydrogen-bond acceptors (Lipinski definition) is 3. The summed E-state index contributed by atoms with van der Waals surface area (Å²) >= 11 is 0. The average molecular weight is 343 g/mol. The molecule has 5 nitrogen and oxygen atoms in total. The molecular formula is C21H21N5. The van der Waals surface area contributed by atoms with Gasteiger partial charge in [-0.05, 0) is 23.6 Å². The maximum Gasteiger partial charge on any atom is 0.175 e. The Hall–Kier alpha value is -3.34. The molecule has 0 radical (unpaired) electrons. The molecule has 3 N–H and O–H groups in total. The van der Waals surface area contributed by atoms with E-state index >= 15 is 0 Å². The van der Waals surface area contributed by atoms with E-state index in [1.54, 1.807) is 0 Å². The van der Waals surface area contributed by atoms with Gasteiger partial charge in [0.05, 0.1) is 11.4 Å². The van der Waals surface area contributed by atoms with Crippen LogP contribution in [0.1, 0.15) is 22.4 Å². The van der Waals surface area contributed by atoms with E-state index in [1.165, 1.54) is 16.8 Å². The van der Waals surface area contributed by atoms with Crippen LogP contribution in [-0.4, -0.2) is 16.1 Å². The molecule has 26 heavy (non-hydrogen) atoms. The van der Waals surface area contributed by atoms with Gasteiger partial charge in [-0.3, -0.25) is 5.43 Å². The van der Waals surface area contributed by atoms with E-state index in [9.17, 15) is 0 Å². The molecule has 2 aromatic carbocycles. The summed E-state index contributed by atoms with van der Waals surface area (Å²) in [7, 11) is 2.08. The van der Waals surface area contributed by atoms with E-state index < -0.39 is 0 Å². The van der Waals surface area contributed by atoms with Crippen LogP contribution in [0.15, 0.2) is 70.9 Å². The maximum absolute atomic E-state index is 5.69. The SMILES string of the molecule is Cc1c2c(c(-c3ccccc3)n1C)CC(c1ccccc1)=NN/C2=N\N. The van der Waals surface area contributed by atoms with Crippen molar-refractivity contribution in [2.24, 2.45) is 23.1 Å². The average Bonchev–Trinajstić information content (AvgIpc) is 2.84. The first-order valence-corrected chi connectivity index (χ1v) is 8.60. The van der Waals surface area contributed by atoms with Crippen LogP contribution >= 0.6 is 0 Å². The fourth-order valence-electron chi connectivity index (χ4n) is 3.60. The second kappa shape index (κ2) is 6.52. The number of nitrogens with two attached hydrogens (primary N) is 1. The third kappa shape index (κ3) is 2.58. The van der Waals surface area contributed by atoms with Crippen molar-refractivity contribution in [3.05, 3.63) is 83.0 Å². The molecule has 3 aromatic rings. The minimum absolute atomic E-state index is 0.598. The lowest BCUT2D eigenvalue weighted by Gasteiger charge is -2.10. The highest BCUT2D eigenvalue weighted by Crippen LogP contribution is 2.33. The quantitative estimate of drug-likeness (QED) is 0.554. The van der Waals surface area contributed by atoms with Gasteiger partial charge in [0, 0.05) is 24.7 Å². The first kappa shape index (κ1) is 16.1. The molecule has 0 bridgehead atoms. The van der Waals surface area contributed by atoms with E-state index in [0.29, 0.717) is 12.3 Å². The van der Waals surface area contributed by atoms with Crippen molar-refractivity contribution in [1.82, 2.24) is 9.99 Å². The first-order chi connectivity index (χ1) is 12.7. The van der Waals surface area contributed by atoms with Crippen molar-refractivity contribution >= 4 is 11.5 Å². The van der Waals surface area contributed by atoms with Gasteiger partial charge in [-0.1, -0.05) is 60.7 Å². The third-order valence-electron chi connectivity index (χ3n) is 4.95. The Morgan fingerprint density at radius 2 is 1.62 bits per heavy atom. The highest BCUT2D eigenvalue weighted by atomic mass is 15.4. The van der Waals surface area contributed by atoms with Crippen LogP contribution in [0, 0.1) is 6.92 Å². The summed E-state index contributed by atoms with van der Waals surface area (Å²) in [4.78, 5) is 0. The summed E-state index contributed by atoms with van der Waals surface area (Å²) in [5.41, 5.74) is 10.8. The summed E-state index contributed by atoms with van der Waals surface area (Å²) < 4.78 is 2.21. The molecule has 0 spiro atoms. The molecule has 1 aliphatic heterocycles. The second-order valence-corrected chi connectivity index (χ2v) is 6.40. The number of fused-ring (bicyclic) bond motifs is 1. The molecule has 0 atom stereocenters. The van der Waals surface area contributed by atoms with Crippen LogP contribution < -0.4 is 11.3 Å². The highest BCUT2D eigenvalue weighted by molar-refractivity contribution is 6.10. The normalized spacial score (nSPS) is 15.2. The molecule has 1 aliphatic rings. The van der Waals surface area contributed by atoms with E-state index in [2.05, 4.69) is 70.6 Å². The Labute approximate surface area is 152 Å². The van der Waals surface area contributed by atoms with Gasteiger partial charge in [-0.25, -0.2) is 0 Å². The Kier molecular flexibility index (Phi) is 4.05. The van der Waals surface area contributed by atoms with Crippen LogP contribution in [0.3, 0.4) is 0 Å². The fraction of sp³-hybridized carbons (Fsp3) is 0.143. The van der Waals surface area contributed by atoms with Crippen LogP contribution in [0.4, 0.5) is 0 Å². The van der Waals surface area contributed by atoms with Gasteiger partial charge in [-0.15, -0.1) is 0 Å². The molecule has 5 heteroatoms. The lowest BCUT2D eigenvalue weighted by atomic mass is 9.96. The molecule has 0 saturated heterocycles. The zero-order valence-corrected chi connectivity index (χ0v) is 14.9. The summed E-state index contributed by atoms with van der Waals surface area (Å²) in [5.74, 6) is 6.28. The van der Waals surface area contributed by atoms with E-state index in [4.69, 9.17) is 5.84 Å². The van der Waals surface area contributed by atoms with Gasteiger partial charge in [0.1, 0.15) is 0 Å². The smallest absolute Gasteiger partial charge is 0.175 e. The molecule has 0 fully saturated rings. The maximum atomic E-state index is 5.69. The van der Waals surface area contributed by atoms with E-state index in [0.717, 1.165) is 22.5 Å². The molecule has 0 aliphatic carbocycles. The highest BCUT2D eigenvalue weighted by Gasteiger charge is 2.27. The topological polar surface area (TPSA) is 67.7 Å². The van der Waals surface area contributed by atoms with Crippen LogP contribution in [-0.2, 0) is 13.5 Å². The number of amidine groups is 1. The Bertz CT molecular complexity index is 998. The monoisotopic (exact) mass is 343 g/mol. The molecule has 2 heterocycles. The summed E-state index contributed by atoms with van der Waals surface area (Å²) in [6, 6.07) is 20.6. The van der Waals surface area contributed by atoms with Crippen molar-refractivity contribution in [2.45, 2.75) is 13.3 Å². The van der Waals surface area contributed by atoms with E-state index in [-0.39, 0.29) is 0 Å². The van der Waals surface area contributed by atoms with Crippen molar-refractivity contribution in [3.8, 4) is 11.3 Å². The van der Waals surface area contributed by atoms with Gasteiger partial charge in [0.15, 0.2) is 5.84 Å². The van der Waals surface area contributed by atoms with E-state index in [1.807, 2.05) is 24.3 Å². The molecule has 0 saturated carbocycles. The van der Waals surface area contributed by atoms with Crippen molar-refractivity contribution in [1.29, 1.82) is 0 Å². The minimum atomic E-state index is 0.598. The van der Waals surface area contributed by atoms with Crippen LogP contribution in [0.2, 0.25) is 0 Å². The molecule has 1 aromatic heterocycles. The summed E-state index contributed by atoms with van der Waals surface area (Å²) in [5, 5.41) is 8.56. The Balaban J connectivity index is 1.94. The van der Waals surface area contributed by atoms with Crippen molar-refractivity contribution in [2.75, 3.05) is 0 Å². The molecule has 0 amide bonds. The second-order valence-electron chi connectivity index (χ2n) is 6.40. The summed E-state index contributed by atoms with van der Waals surface area (Å²) in [6.07, 6.45) is 0.706. The summed E-state index contributed by atoms with van der Waals surface area (Å²) in [6.45, 7) is 2.09. The minimum Gasteiger partial charge on any atom is -0.347 e. The van der Waals surface area contributed by atoms with Crippen molar-refractivity contribution < 1.29 is 0 Å². The number of aromatic nitrogens is 1. The predicted octanol–water partition coefficient (Wildman–Crippen LogP) is 3.17. The van der Waals surface area contributed by atoms with Crippen molar-refractivity contribution in [3.63, 3.8) is 0 Å². The van der Waals surface area contributed by atoms with Gasteiger partial charge in [0.25, 0.3) is 0 Å². The Morgan fingerprint density at radius 3 is 2.23 bits per heavy atom. The zero-order chi connectivity index (χ0) is 18.1. The number of benzene rings is 2. The Morgan fingerprint density at radius 1 is 1.00 bits per heavy atom. The molecular weight excluding hydrogens is 322 g/mol. The predicted molar refractivity (Wildman–Crippen MR) is 106 cm³/mol. The van der Waals surface area contributed by atoms with Gasteiger partial charge < -0.3 is 10.4 Å². The lowest BCUT2D eigenvalue weighted by Crippen LogP contribution is -2.21. The van der Waals surface area contributed by atoms with Gasteiger partial charge in [-0.2, -0.15) is 10.2 Å². The number of hydrogen-bond donors (Lipinski definition) is 2. The third-order valence-corrected chi connectivity index (χ3v) is 4.95. The largest absolute Gasteiger partial charge is 0.347 e. The number of hydrazone groups is 2. The van der Waals surface area contributed by atoms with Crippen LogP contribution in [0.25, 0.3) is 11.3 Å². The lowest BCUT2D eigenvalue weighted by molar-refractivity contribution is 0.883. The van der Waals surface area contributed by atoms with Gasteiger partial charge in [0.2, 0.25) is 0 Å². The standard InChI is InChI=1S/C21H21N5/c1-14-19-17(20(26(14)2)16-11-7-4-8-12-16)13-18(24-25-21(19)23-22)15-9-5-3-6-10-15/h3-12H,13,22H2,1-2H3,(H,23,25). The fourth-order valence-corrected chi connectivity index (χ4v) is 3.60. The number of nitrogens with zero attached hydrogens (tertiary/aromatic N) is 3. The molecule has 130 valence electrons. The first-order valence-electron chi connectivity index (χ1n) is 8.60. The zero-order valence-electron chi connectivity index (χ0n) is 14.9. The van der Waals surface area contributed by atoms with Gasteiger partial charge >= 0.3 is 0 Å². The molecule has 0 unspecified atom stereocenters.